The number of aromatic nitrogens is 3. The lowest BCUT2D eigenvalue weighted by molar-refractivity contribution is 0.0338. The molecule has 0 spiro atoms. The fraction of sp³-hybridized carbons (Fsp3) is 0.714. The normalized spacial score (nSPS) is 29.1. The van der Waals surface area contributed by atoms with Crippen LogP contribution in [0.4, 0.5) is 0 Å². The number of para-hydroxylation sites is 1. The molecule has 1 aromatic heterocycles. The van der Waals surface area contributed by atoms with Gasteiger partial charge in [-0.15, -0.1) is 5.10 Å². The highest BCUT2D eigenvalue weighted by atomic mass is 15.4. The summed E-state index contributed by atoms with van der Waals surface area (Å²) in [6.45, 7) is 6.43. The fourth-order valence-electron chi connectivity index (χ4n) is 5.62. The van der Waals surface area contributed by atoms with Crippen LogP contribution in [0.1, 0.15) is 51.0 Å². The maximum atomic E-state index is 4.46. The molecule has 0 amide bonds. The molecule has 0 saturated carbocycles. The van der Waals surface area contributed by atoms with E-state index in [1.165, 1.54) is 83.2 Å². The zero-order valence-electron chi connectivity index (χ0n) is 15.8. The van der Waals surface area contributed by atoms with Crippen LogP contribution in [0, 0.1) is 5.92 Å². The van der Waals surface area contributed by atoms with Gasteiger partial charge in [-0.25, -0.2) is 4.68 Å². The van der Waals surface area contributed by atoms with Crippen molar-refractivity contribution >= 4 is 11.0 Å². The van der Waals surface area contributed by atoms with Gasteiger partial charge in [0.15, 0.2) is 0 Å². The molecule has 5 rings (SSSR count). The Labute approximate surface area is 156 Å². The second kappa shape index (κ2) is 7.28. The van der Waals surface area contributed by atoms with Crippen molar-refractivity contribution in [3.8, 4) is 0 Å². The lowest BCUT2D eigenvalue weighted by Gasteiger charge is -2.46. The van der Waals surface area contributed by atoms with Crippen LogP contribution < -0.4 is 0 Å². The Balaban J connectivity index is 1.21. The van der Waals surface area contributed by atoms with E-state index in [1.54, 1.807) is 0 Å². The molecule has 2 aromatic rings. The molecule has 3 saturated heterocycles. The Morgan fingerprint density at radius 2 is 1.73 bits per heavy atom. The van der Waals surface area contributed by atoms with Gasteiger partial charge in [0, 0.05) is 25.7 Å². The standard InChI is InChI=1S/C21H31N5/c1-2-9-21-19(7-1)22-23-26(21)18-10-14-24(15-11-18)16-17-6-5-13-25-12-4-3-8-20(17)25/h1-2,7,9,17-18,20H,3-6,8,10-16H2/t17-,20+/m0/s1. The third-order valence-corrected chi connectivity index (χ3v) is 7.00. The Hall–Kier alpha value is -1.46. The number of hydrogen-bond donors (Lipinski definition) is 0. The van der Waals surface area contributed by atoms with Gasteiger partial charge in [-0.3, -0.25) is 0 Å². The zero-order valence-corrected chi connectivity index (χ0v) is 15.8. The topological polar surface area (TPSA) is 37.2 Å². The second-order valence-electron chi connectivity index (χ2n) is 8.56. The first kappa shape index (κ1) is 16.7. The number of fused-ring (bicyclic) bond motifs is 2. The van der Waals surface area contributed by atoms with Crippen LogP contribution >= 0.6 is 0 Å². The average molecular weight is 354 g/mol. The largest absolute Gasteiger partial charge is 0.303 e. The number of likely N-dealkylation sites (tertiary alicyclic amines) is 1. The molecule has 26 heavy (non-hydrogen) atoms. The number of rotatable bonds is 3. The van der Waals surface area contributed by atoms with E-state index in [9.17, 15) is 0 Å². The second-order valence-corrected chi connectivity index (χ2v) is 8.56. The summed E-state index contributed by atoms with van der Waals surface area (Å²) in [5, 5.41) is 8.80. The molecule has 1 aromatic carbocycles. The number of benzene rings is 1. The lowest BCUT2D eigenvalue weighted by atomic mass is 9.83. The van der Waals surface area contributed by atoms with Gasteiger partial charge in [-0.2, -0.15) is 0 Å². The van der Waals surface area contributed by atoms with Gasteiger partial charge in [0.1, 0.15) is 5.52 Å². The van der Waals surface area contributed by atoms with Gasteiger partial charge in [-0.1, -0.05) is 23.8 Å². The van der Waals surface area contributed by atoms with Crippen molar-refractivity contribution in [1.29, 1.82) is 0 Å². The number of nitrogens with zero attached hydrogens (tertiary/aromatic N) is 5. The summed E-state index contributed by atoms with van der Waals surface area (Å²) >= 11 is 0. The molecule has 0 radical (unpaired) electrons. The molecule has 140 valence electrons. The Morgan fingerprint density at radius 3 is 2.65 bits per heavy atom. The monoisotopic (exact) mass is 353 g/mol. The zero-order chi connectivity index (χ0) is 17.3. The van der Waals surface area contributed by atoms with Crippen LogP contribution in [0.5, 0.6) is 0 Å². The number of piperidine rings is 3. The third kappa shape index (κ3) is 3.16. The van der Waals surface area contributed by atoms with Gasteiger partial charge in [0.2, 0.25) is 0 Å². The fourth-order valence-corrected chi connectivity index (χ4v) is 5.62. The molecule has 0 bridgehead atoms. The highest BCUT2D eigenvalue weighted by molar-refractivity contribution is 5.73. The van der Waals surface area contributed by atoms with Gasteiger partial charge in [-0.05, 0) is 69.7 Å². The molecule has 3 aliphatic rings. The summed E-state index contributed by atoms with van der Waals surface area (Å²) in [5.74, 6) is 0.896. The summed E-state index contributed by atoms with van der Waals surface area (Å²) in [5.41, 5.74) is 2.21. The Kier molecular flexibility index (Phi) is 4.67. The molecule has 5 heteroatoms. The summed E-state index contributed by atoms with van der Waals surface area (Å²) in [6, 6.07) is 9.73. The van der Waals surface area contributed by atoms with Crippen LogP contribution in [0.15, 0.2) is 24.3 Å². The van der Waals surface area contributed by atoms with Gasteiger partial charge >= 0.3 is 0 Å². The molecule has 4 heterocycles. The molecule has 2 atom stereocenters. The van der Waals surface area contributed by atoms with E-state index >= 15 is 0 Å². The Morgan fingerprint density at radius 1 is 0.885 bits per heavy atom. The smallest absolute Gasteiger partial charge is 0.113 e. The Bertz CT molecular complexity index is 731. The molecule has 0 N–H and O–H groups in total. The first-order valence-corrected chi connectivity index (χ1v) is 10.6. The first-order chi connectivity index (χ1) is 12.9. The highest BCUT2D eigenvalue weighted by Gasteiger charge is 2.34. The van der Waals surface area contributed by atoms with Crippen molar-refractivity contribution in [2.24, 2.45) is 5.92 Å². The van der Waals surface area contributed by atoms with Crippen molar-refractivity contribution in [3.63, 3.8) is 0 Å². The van der Waals surface area contributed by atoms with Crippen molar-refractivity contribution in [2.45, 2.75) is 57.0 Å². The minimum atomic E-state index is 0.510. The maximum Gasteiger partial charge on any atom is 0.113 e. The third-order valence-electron chi connectivity index (χ3n) is 7.00. The van der Waals surface area contributed by atoms with Crippen molar-refractivity contribution in [1.82, 2.24) is 24.8 Å². The van der Waals surface area contributed by atoms with E-state index in [0.29, 0.717) is 6.04 Å². The SMILES string of the molecule is c1ccc2c(c1)nnn2C1CCN(C[C@@H]2CCCN3CCCC[C@H]23)CC1. The van der Waals surface area contributed by atoms with E-state index < -0.39 is 0 Å². The summed E-state index contributed by atoms with van der Waals surface area (Å²) in [4.78, 5) is 5.53. The predicted octanol–water partition coefficient (Wildman–Crippen LogP) is 3.33. The van der Waals surface area contributed by atoms with Gasteiger partial charge in [0.05, 0.1) is 11.6 Å². The predicted molar refractivity (Wildman–Crippen MR) is 104 cm³/mol. The van der Waals surface area contributed by atoms with Crippen molar-refractivity contribution in [2.75, 3.05) is 32.7 Å². The highest BCUT2D eigenvalue weighted by Crippen LogP contribution is 2.33. The molecule has 3 aliphatic heterocycles. The molecule has 3 fully saturated rings. The van der Waals surface area contributed by atoms with Crippen molar-refractivity contribution < 1.29 is 0 Å². The maximum absolute atomic E-state index is 4.46. The van der Waals surface area contributed by atoms with E-state index in [4.69, 9.17) is 0 Å². The lowest BCUT2D eigenvalue weighted by Crippen LogP contribution is -2.51. The van der Waals surface area contributed by atoms with Crippen LogP contribution in [0.3, 0.4) is 0 Å². The van der Waals surface area contributed by atoms with Gasteiger partial charge < -0.3 is 9.80 Å². The molecule has 5 nitrogen and oxygen atoms in total. The van der Waals surface area contributed by atoms with Crippen LogP contribution in [-0.2, 0) is 0 Å². The van der Waals surface area contributed by atoms with Crippen LogP contribution in [0.25, 0.3) is 11.0 Å². The first-order valence-electron chi connectivity index (χ1n) is 10.6. The van der Waals surface area contributed by atoms with E-state index in [1.807, 2.05) is 6.07 Å². The molecule has 0 unspecified atom stereocenters. The minimum Gasteiger partial charge on any atom is -0.303 e. The molecular weight excluding hydrogens is 322 g/mol. The van der Waals surface area contributed by atoms with E-state index in [2.05, 4.69) is 43.0 Å². The number of hydrogen-bond acceptors (Lipinski definition) is 4. The quantitative estimate of drug-likeness (QED) is 0.848. The summed E-state index contributed by atoms with van der Waals surface area (Å²) < 4.78 is 2.18. The van der Waals surface area contributed by atoms with E-state index in [-0.39, 0.29) is 0 Å². The van der Waals surface area contributed by atoms with E-state index in [0.717, 1.165) is 17.5 Å². The van der Waals surface area contributed by atoms with Crippen LogP contribution in [0.2, 0.25) is 0 Å². The molecular formula is C21H31N5. The van der Waals surface area contributed by atoms with Gasteiger partial charge in [0.25, 0.3) is 0 Å². The summed E-state index contributed by atoms with van der Waals surface area (Å²) in [7, 11) is 0. The average Bonchev–Trinajstić information content (AvgIpc) is 3.13. The minimum absolute atomic E-state index is 0.510. The van der Waals surface area contributed by atoms with Crippen molar-refractivity contribution in [3.05, 3.63) is 24.3 Å². The molecule has 0 aliphatic carbocycles. The van der Waals surface area contributed by atoms with Crippen LogP contribution in [-0.4, -0.2) is 63.6 Å². The summed E-state index contributed by atoms with van der Waals surface area (Å²) in [6.07, 6.45) is 9.55.